The lowest BCUT2D eigenvalue weighted by molar-refractivity contribution is 1.20. The molecule has 0 aliphatic carbocycles. The average Bonchev–Trinajstić information content (AvgIpc) is 2.56. The summed E-state index contributed by atoms with van der Waals surface area (Å²) < 4.78 is 0. The highest BCUT2D eigenvalue weighted by Crippen LogP contribution is 2.35. The summed E-state index contributed by atoms with van der Waals surface area (Å²) in [5.41, 5.74) is 1.45. The molecule has 68 valence electrons. The minimum atomic E-state index is 1.20. The van der Waals surface area contributed by atoms with Crippen LogP contribution in [-0.2, 0) is 0 Å². The number of allylic oxidation sites excluding steroid dienone is 4. The molecule has 0 atom stereocenters. The highest BCUT2D eigenvalue weighted by Gasteiger charge is 2.11. The molecule has 0 amide bonds. The number of hydrogen-bond acceptors (Lipinski definition) is 1. The summed E-state index contributed by atoms with van der Waals surface area (Å²) in [7, 11) is 0. The summed E-state index contributed by atoms with van der Waals surface area (Å²) in [5, 5.41) is 0. The molecule has 0 aromatic carbocycles. The first-order valence-corrected chi connectivity index (χ1v) is 5.48. The molecule has 0 bridgehead atoms. The van der Waals surface area contributed by atoms with Gasteiger partial charge < -0.3 is 0 Å². The van der Waals surface area contributed by atoms with E-state index in [1.165, 1.54) is 22.7 Å². The average molecular weight is 182 g/mol. The lowest BCUT2D eigenvalue weighted by Gasteiger charge is -1.94. The summed E-state index contributed by atoms with van der Waals surface area (Å²) in [6.45, 7) is 9.77. The lowest BCUT2D eigenvalue weighted by Crippen LogP contribution is -1.73. The molecule has 1 fully saturated rings. The molecule has 0 spiro atoms. The molecule has 1 heterocycles. The zero-order chi connectivity index (χ0) is 9.40. The van der Waals surface area contributed by atoms with E-state index in [0.717, 1.165) is 0 Å². The van der Waals surface area contributed by atoms with Gasteiger partial charge in [-0.15, -0.1) is 11.8 Å². The van der Waals surface area contributed by atoms with Crippen molar-refractivity contribution in [2.75, 3.05) is 5.75 Å². The summed E-state index contributed by atoms with van der Waals surface area (Å²) in [5.74, 6) is 1.24. The molecule has 0 aromatic heterocycles. The van der Waals surface area contributed by atoms with E-state index in [0.29, 0.717) is 0 Å². The summed E-state index contributed by atoms with van der Waals surface area (Å²) >= 11 is 1.94. The third kappa shape index (κ3) is 3.31. The predicted octanol–water partition coefficient (Wildman–Crippen LogP) is 4.17. The summed E-state index contributed by atoms with van der Waals surface area (Å²) in [4.78, 5) is 1.43. The van der Waals surface area contributed by atoms with Gasteiger partial charge in [0, 0.05) is 10.7 Å². The molecule has 0 radical (unpaired) electrons. The zero-order valence-electron chi connectivity index (χ0n) is 8.26. The Morgan fingerprint density at radius 2 is 2.08 bits per heavy atom. The molecule has 1 aliphatic rings. The topological polar surface area (TPSA) is 0 Å². The molecular formula is C11H18S. The first-order chi connectivity index (χ1) is 5.88. The predicted molar refractivity (Wildman–Crippen MR) is 60.5 cm³/mol. The van der Waals surface area contributed by atoms with Gasteiger partial charge in [0.15, 0.2) is 0 Å². The van der Waals surface area contributed by atoms with Gasteiger partial charge in [-0.3, -0.25) is 0 Å². The van der Waals surface area contributed by atoms with Crippen LogP contribution in [0.5, 0.6) is 0 Å². The van der Waals surface area contributed by atoms with E-state index in [1.54, 1.807) is 0 Å². The Balaban J connectivity index is 0.000000561. The van der Waals surface area contributed by atoms with Crippen molar-refractivity contribution in [3.05, 3.63) is 35.3 Å². The maximum atomic E-state index is 3.68. The van der Waals surface area contributed by atoms with Gasteiger partial charge >= 0.3 is 0 Å². The fourth-order valence-electron chi connectivity index (χ4n) is 1.06. The summed E-state index contributed by atoms with van der Waals surface area (Å²) in [6, 6.07) is 0. The van der Waals surface area contributed by atoms with Crippen LogP contribution in [0.1, 0.15) is 27.2 Å². The lowest BCUT2D eigenvalue weighted by atomic mass is 10.2. The van der Waals surface area contributed by atoms with Crippen LogP contribution in [0.4, 0.5) is 0 Å². The maximum absolute atomic E-state index is 3.68. The van der Waals surface area contributed by atoms with Crippen molar-refractivity contribution in [1.29, 1.82) is 0 Å². The molecule has 1 heteroatoms. The van der Waals surface area contributed by atoms with E-state index in [1.807, 2.05) is 31.7 Å². The van der Waals surface area contributed by atoms with Gasteiger partial charge in [0.1, 0.15) is 0 Å². The largest absolute Gasteiger partial charge is 0.126 e. The van der Waals surface area contributed by atoms with E-state index in [2.05, 4.69) is 25.7 Å². The van der Waals surface area contributed by atoms with Gasteiger partial charge in [-0.05, 0) is 18.9 Å². The van der Waals surface area contributed by atoms with Crippen LogP contribution in [-0.4, -0.2) is 5.75 Å². The maximum Gasteiger partial charge on any atom is 0.00617 e. The Hall–Kier alpha value is -0.430. The van der Waals surface area contributed by atoms with Crippen LogP contribution in [0, 0.1) is 0 Å². The Morgan fingerprint density at radius 3 is 2.58 bits per heavy atom. The molecule has 0 saturated carbocycles. The molecule has 0 N–H and O–H groups in total. The molecule has 1 aliphatic heterocycles. The minimum Gasteiger partial charge on any atom is -0.126 e. The molecule has 1 saturated heterocycles. The Bertz CT molecular complexity index is 187. The van der Waals surface area contributed by atoms with Crippen LogP contribution >= 0.6 is 11.8 Å². The molecule has 0 unspecified atom stereocenters. The fraction of sp³-hybridized carbons (Fsp3) is 0.455. The normalized spacial score (nSPS) is 22.2. The quantitative estimate of drug-likeness (QED) is 0.586. The van der Waals surface area contributed by atoms with Gasteiger partial charge in [-0.1, -0.05) is 38.7 Å². The van der Waals surface area contributed by atoms with Crippen LogP contribution in [0.2, 0.25) is 0 Å². The Kier molecular flexibility index (Phi) is 6.97. The van der Waals surface area contributed by atoms with Gasteiger partial charge in [0.2, 0.25) is 0 Å². The van der Waals surface area contributed by atoms with E-state index in [4.69, 9.17) is 0 Å². The van der Waals surface area contributed by atoms with Crippen LogP contribution < -0.4 is 0 Å². The van der Waals surface area contributed by atoms with Crippen LogP contribution in [0.25, 0.3) is 0 Å². The number of hydrogen-bond donors (Lipinski definition) is 0. The van der Waals surface area contributed by atoms with Crippen molar-refractivity contribution in [3.8, 4) is 0 Å². The molecular weight excluding hydrogens is 164 g/mol. The van der Waals surface area contributed by atoms with E-state index >= 15 is 0 Å². The number of thioether (sulfide) groups is 1. The SMILES string of the molecule is C=C/C=C1/CCS/C1=C/C.CC. The Morgan fingerprint density at radius 1 is 1.42 bits per heavy atom. The molecule has 1 rings (SSSR count). The highest BCUT2D eigenvalue weighted by atomic mass is 32.2. The van der Waals surface area contributed by atoms with Crippen molar-refractivity contribution >= 4 is 11.8 Å². The minimum absolute atomic E-state index is 1.20. The van der Waals surface area contributed by atoms with Crippen LogP contribution in [0.3, 0.4) is 0 Å². The van der Waals surface area contributed by atoms with Gasteiger partial charge in [0.25, 0.3) is 0 Å². The fourth-order valence-corrected chi connectivity index (χ4v) is 2.13. The first-order valence-electron chi connectivity index (χ1n) is 4.49. The second-order valence-corrected chi connectivity index (χ2v) is 3.32. The summed E-state index contributed by atoms with van der Waals surface area (Å²) in [6.07, 6.45) is 7.35. The van der Waals surface area contributed by atoms with Crippen LogP contribution in [0.15, 0.2) is 35.3 Å². The highest BCUT2D eigenvalue weighted by molar-refractivity contribution is 8.03. The van der Waals surface area contributed by atoms with Crippen molar-refractivity contribution in [3.63, 3.8) is 0 Å². The molecule has 0 nitrogen and oxygen atoms in total. The third-order valence-corrected chi connectivity index (χ3v) is 2.74. The van der Waals surface area contributed by atoms with Crippen molar-refractivity contribution in [1.82, 2.24) is 0 Å². The van der Waals surface area contributed by atoms with Crippen molar-refractivity contribution < 1.29 is 0 Å². The van der Waals surface area contributed by atoms with Crippen molar-refractivity contribution in [2.45, 2.75) is 27.2 Å². The molecule has 12 heavy (non-hydrogen) atoms. The zero-order valence-corrected chi connectivity index (χ0v) is 9.08. The smallest absolute Gasteiger partial charge is 0.00617 e. The second-order valence-electron chi connectivity index (χ2n) is 2.18. The van der Waals surface area contributed by atoms with Gasteiger partial charge in [-0.25, -0.2) is 0 Å². The first kappa shape index (κ1) is 11.6. The number of rotatable bonds is 1. The van der Waals surface area contributed by atoms with Crippen molar-refractivity contribution in [2.24, 2.45) is 0 Å². The van der Waals surface area contributed by atoms with E-state index in [9.17, 15) is 0 Å². The third-order valence-electron chi connectivity index (χ3n) is 1.53. The Labute approximate surface area is 80.4 Å². The van der Waals surface area contributed by atoms with E-state index < -0.39 is 0 Å². The monoisotopic (exact) mass is 182 g/mol. The second kappa shape index (κ2) is 7.23. The van der Waals surface area contributed by atoms with E-state index in [-0.39, 0.29) is 0 Å². The van der Waals surface area contributed by atoms with Gasteiger partial charge in [0.05, 0.1) is 0 Å². The van der Waals surface area contributed by atoms with Gasteiger partial charge in [-0.2, -0.15) is 0 Å². The molecule has 0 aromatic rings. The standard InChI is InChI=1S/C9H12S.C2H6/c1-3-5-8-6-7-10-9(8)4-2;1-2/h3-5H,1,6-7H2,2H3;1-2H3/b8-5-,9-4+;.